The van der Waals surface area contributed by atoms with Crippen molar-refractivity contribution in [2.24, 2.45) is 23.5 Å². The highest BCUT2D eigenvalue weighted by atomic mass is 16.2. The van der Waals surface area contributed by atoms with E-state index in [9.17, 15) is 4.79 Å². The minimum Gasteiger partial charge on any atom is -0.343 e. The normalized spacial score (nSPS) is 18.6. The zero-order valence-corrected chi connectivity index (χ0v) is 13.7. The van der Waals surface area contributed by atoms with Crippen molar-refractivity contribution in [3.8, 4) is 0 Å². The highest BCUT2D eigenvalue weighted by Crippen LogP contribution is 2.25. The second-order valence-electron chi connectivity index (χ2n) is 6.73. The molecule has 1 rings (SSSR count). The molecule has 0 radical (unpaired) electrons. The molecule has 1 fully saturated rings. The van der Waals surface area contributed by atoms with Crippen LogP contribution in [0.5, 0.6) is 0 Å². The lowest BCUT2D eigenvalue weighted by atomic mass is 9.86. The average molecular weight is 282 g/mol. The van der Waals surface area contributed by atoms with E-state index in [1.54, 1.807) is 0 Å². The van der Waals surface area contributed by atoms with Crippen LogP contribution in [0.4, 0.5) is 0 Å². The maximum atomic E-state index is 12.3. The van der Waals surface area contributed by atoms with Crippen molar-refractivity contribution in [2.75, 3.05) is 19.6 Å². The molecule has 0 aromatic heterocycles. The summed E-state index contributed by atoms with van der Waals surface area (Å²) in [5, 5.41) is 0. The topological polar surface area (TPSA) is 46.3 Å². The number of nitrogens with zero attached hydrogens (tertiary/aromatic N) is 1. The van der Waals surface area contributed by atoms with Crippen LogP contribution in [-0.4, -0.2) is 30.4 Å². The average Bonchev–Trinajstić information content (AvgIpc) is 2.45. The lowest BCUT2D eigenvalue weighted by molar-refractivity contribution is -0.133. The predicted molar refractivity (Wildman–Crippen MR) is 85.4 cm³/mol. The predicted octanol–water partition coefficient (Wildman–Crippen LogP) is 3.43. The second-order valence-corrected chi connectivity index (χ2v) is 6.73. The van der Waals surface area contributed by atoms with E-state index < -0.39 is 0 Å². The van der Waals surface area contributed by atoms with Crippen LogP contribution in [0.15, 0.2) is 0 Å². The molecule has 1 atom stereocenters. The lowest BCUT2D eigenvalue weighted by Gasteiger charge is -2.34. The molecule has 1 unspecified atom stereocenters. The van der Waals surface area contributed by atoms with E-state index in [1.807, 2.05) is 0 Å². The molecule has 20 heavy (non-hydrogen) atoms. The summed E-state index contributed by atoms with van der Waals surface area (Å²) in [5.74, 6) is 2.57. The van der Waals surface area contributed by atoms with Gasteiger partial charge in [-0.05, 0) is 50.0 Å². The Balaban J connectivity index is 2.29. The zero-order chi connectivity index (χ0) is 15.0. The molecule has 0 aliphatic carbocycles. The van der Waals surface area contributed by atoms with Gasteiger partial charge in [0.2, 0.25) is 5.91 Å². The largest absolute Gasteiger partial charge is 0.343 e. The zero-order valence-electron chi connectivity index (χ0n) is 13.7. The number of hydrogen-bond donors (Lipinski definition) is 1. The molecule has 1 aliphatic rings. The van der Waals surface area contributed by atoms with Crippen molar-refractivity contribution < 1.29 is 4.79 Å². The van der Waals surface area contributed by atoms with E-state index in [2.05, 4.69) is 25.7 Å². The van der Waals surface area contributed by atoms with E-state index >= 15 is 0 Å². The SMILES string of the molecule is CCCC(CCN)CCC(=O)N1CCC(C(C)C)CC1. The van der Waals surface area contributed by atoms with Gasteiger partial charge in [0, 0.05) is 19.5 Å². The van der Waals surface area contributed by atoms with E-state index in [0.717, 1.165) is 50.7 Å². The van der Waals surface area contributed by atoms with Crippen LogP contribution in [0, 0.1) is 17.8 Å². The van der Waals surface area contributed by atoms with E-state index in [0.29, 0.717) is 11.8 Å². The van der Waals surface area contributed by atoms with Gasteiger partial charge in [0.15, 0.2) is 0 Å². The van der Waals surface area contributed by atoms with E-state index in [4.69, 9.17) is 5.73 Å². The number of piperidine rings is 1. The molecular formula is C17H34N2O. The standard InChI is InChI=1S/C17H34N2O/c1-4-5-15(8-11-18)6-7-17(20)19-12-9-16(10-13-19)14(2)3/h14-16H,4-13,18H2,1-3H3. The molecule has 0 saturated carbocycles. The van der Waals surface area contributed by atoms with Crippen molar-refractivity contribution in [1.82, 2.24) is 4.90 Å². The van der Waals surface area contributed by atoms with Crippen LogP contribution in [0.3, 0.4) is 0 Å². The van der Waals surface area contributed by atoms with Crippen molar-refractivity contribution in [1.29, 1.82) is 0 Å². The number of hydrogen-bond acceptors (Lipinski definition) is 2. The quantitative estimate of drug-likeness (QED) is 0.741. The van der Waals surface area contributed by atoms with Crippen LogP contribution in [0.1, 0.15) is 65.7 Å². The number of carbonyl (C=O) groups is 1. The second kappa shape index (κ2) is 9.38. The van der Waals surface area contributed by atoms with Gasteiger partial charge in [-0.3, -0.25) is 4.79 Å². The minimum atomic E-state index is 0.366. The molecule has 0 bridgehead atoms. The number of likely N-dealkylation sites (tertiary alicyclic amines) is 1. The van der Waals surface area contributed by atoms with Crippen LogP contribution in [0.25, 0.3) is 0 Å². The van der Waals surface area contributed by atoms with Gasteiger partial charge < -0.3 is 10.6 Å². The molecule has 1 amide bonds. The maximum absolute atomic E-state index is 12.3. The van der Waals surface area contributed by atoms with Crippen molar-refractivity contribution in [2.45, 2.75) is 65.7 Å². The van der Waals surface area contributed by atoms with Gasteiger partial charge in [-0.1, -0.05) is 33.6 Å². The summed E-state index contributed by atoms with van der Waals surface area (Å²) in [5.41, 5.74) is 5.66. The monoisotopic (exact) mass is 282 g/mol. The number of rotatable bonds is 8. The van der Waals surface area contributed by atoms with E-state index in [-0.39, 0.29) is 0 Å². The van der Waals surface area contributed by atoms with Gasteiger partial charge in [-0.2, -0.15) is 0 Å². The Labute approximate surface area is 125 Å². The van der Waals surface area contributed by atoms with Gasteiger partial charge in [0.1, 0.15) is 0 Å². The summed E-state index contributed by atoms with van der Waals surface area (Å²) in [4.78, 5) is 14.4. The van der Waals surface area contributed by atoms with Crippen LogP contribution < -0.4 is 5.73 Å². The third-order valence-corrected chi connectivity index (χ3v) is 4.87. The number of carbonyl (C=O) groups excluding carboxylic acids is 1. The Hall–Kier alpha value is -0.570. The van der Waals surface area contributed by atoms with Crippen molar-refractivity contribution in [3.63, 3.8) is 0 Å². The highest BCUT2D eigenvalue weighted by molar-refractivity contribution is 5.76. The van der Waals surface area contributed by atoms with E-state index in [1.165, 1.54) is 25.7 Å². The molecule has 0 aromatic rings. The van der Waals surface area contributed by atoms with Crippen molar-refractivity contribution in [3.05, 3.63) is 0 Å². The molecule has 3 heteroatoms. The minimum absolute atomic E-state index is 0.366. The first-order valence-corrected chi connectivity index (χ1v) is 8.56. The molecule has 1 heterocycles. The Kier molecular flexibility index (Phi) is 8.20. The highest BCUT2D eigenvalue weighted by Gasteiger charge is 2.24. The lowest BCUT2D eigenvalue weighted by Crippen LogP contribution is -2.39. The van der Waals surface area contributed by atoms with Crippen LogP contribution in [-0.2, 0) is 4.79 Å². The van der Waals surface area contributed by atoms with Gasteiger partial charge in [-0.15, -0.1) is 0 Å². The Morgan fingerprint density at radius 1 is 1.20 bits per heavy atom. The Morgan fingerprint density at radius 2 is 1.85 bits per heavy atom. The van der Waals surface area contributed by atoms with Gasteiger partial charge in [0.25, 0.3) is 0 Å². The first-order chi connectivity index (χ1) is 9.58. The summed E-state index contributed by atoms with van der Waals surface area (Å²) in [6.07, 6.45) is 7.58. The number of amides is 1. The number of nitrogens with two attached hydrogens (primary N) is 1. The molecule has 0 aromatic carbocycles. The molecule has 1 aliphatic heterocycles. The fraction of sp³-hybridized carbons (Fsp3) is 0.941. The fourth-order valence-corrected chi connectivity index (χ4v) is 3.38. The smallest absolute Gasteiger partial charge is 0.222 e. The van der Waals surface area contributed by atoms with Gasteiger partial charge >= 0.3 is 0 Å². The first-order valence-electron chi connectivity index (χ1n) is 8.56. The van der Waals surface area contributed by atoms with Crippen molar-refractivity contribution >= 4 is 5.91 Å². The summed E-state index contributed by atoms with van der Waals surface area (Å²) >= 11 is 0. The van der Waals surface area contributed by atoms with Crippen LogP contribution >= 0.6 is 0 Å². The summed E-state index contributed by atoms with van der Waals surface area (Å²) < 4.78 is 0. The molecule has 2 N–H and O–H groups in total. The maximum Gasteiger partial charge on any atom is 0.222 e. The molecule has 3 nitrogen and oxygen atoms in total. The summed E-state index contributed by atoms with van der Waals surface area (Å²) in [6, 6.07) is 0. The summed E-state index contributed by atoms with van der Waals surface area (Å²) in [6.45, 7) is 9.49. The Morgan fingerprint density at radius 3 is 2.35 bits per heavy atom. The molecule has 0 spiro atoms. The fourth-order valence-electron chi connectivity index (χ4n) is 3.38. The molecule has 1 saturated heterocycles. The third kappa shape index (κ3) is 5.82. The third-order valence-electron chi connectivity index (χ3n) is 4.87. The molecular weight excluding hydrogens is 248 g/mol. The van der Waals surface area contributed by atoms with Gasteiger partial charge in [-0.25, -0.2) is 0 Å². The van der Waals surface area contributed by atoms with Gasteiger partial charge in [0.05, 0.1) is 0 Å². The molecule has 118 valence electrons. The first kappa shape index (κ1) is 17.5. The Bertz CT molecular complexity index is 264. The van der Waals surface area contributed by atoms with Crippen LogP contribution in [0.2, 0.25) is 0 Å². The summed E-state index contributed by atoms with van der Waals surface area (Å²) in [7, 11) is 0.